The van der Waals surface area contributed by atoms with Crippen LogP contribution >= 0.6 is 15.6 Å². The van der Waals surface area contributed by atoms with E-state index < -0.39 is 97.5 Å². The van der Waals surface area contributed by atoms with Crippen LogP contribution in [0.25, 0.3) is 0 Å². The van der Waals surface area contributed by atoms with Crippen LogP contribution in [0, 0.1) is 11.8 Å². The first-order chi connectivity index (χ1) is 46.9. The summed E-state index contributed by atoms with van der Waals surface area (Å²) in [5.74, 6) is -0.686. The number of aliphatic hydroxyl groups excluding tert-OH is 1. The van der Waals surface area contributed by atoms with Gasteiger partial charge in [0.2, 0.25) is 0 Å². The fourth-order valence-corrected chi connectivity index (χ4v) is 13.0. The highest BCUT2D eigenvalue weighted by Crippen LogP contribution is 2.45. The van der Waals surface area contributed by atoms with Crippen LogP contribution in [-0.4, -0.2) is 96.7 Å². The maximum absolute atomic E-state index is 13.1. The average molecular weight is 1420 g/mol. The van der Waals surface area contributed by atoms with Gasteiger partial charge in [-0.15, -0.1) is 0 Å². The molecule has 3 N–H and O–H groups in total. The van der Waals surface area contributed by atoms with Gasteiger partial charge in [0.15, 0.2) is 12.2 Å². The standard InChI is InChI=1S/C78H148O17P2/c1-7-9-11-13-15-17-19-21-23-24-25-26-28-30-32-36-44-50-56-62-77(82)94-73(66-88-75(80)60-54-48-42-35-31-29-27-22-20-18-16-14-12-10-8-2)68-92-96(84,85)90-64-72(79)65-91-97(86,87)93-69-74(67-89-76(81)61-55-49-43-39-38-41-47-53-59-71(5)6)95-78(83)63-57-51-45-37-33-34-40-46-52-58-70(3)4/h18,20,22,27,70-74,79H,7-17,19,21,23-26,28-69H2,1-6H3,(H,84,85)(H,86,87)/b20-18-,27-22-/t72-,73-,74-/m1/s1. The molecule has 0 saturated heterocycles. The van der Waals surface area contributed by atoms with E-state index in [9.17, 15) is 43.2 Å². The van der Waals surface area contributed by atoms with E-state index in [1.54, 1.807) is 0 Å². The van der Waals surface area contributed by atoms with Crippen molar-refractivity contribution in [3.63, 3.8) is 0 Å². The van der Waals surface area contributed by atoms with Crippen molar-refractivity contribution >= 4 is 39.5 Å². The summed E-state index contributed by atoms with van der Waals surface area (Å²) in [6.07, 6.45) is 60.6. The molecule has 0 heterocycles. The minimum absolute atomic E-state index is 0.102. The smallest absolute Gasteiger partial charge is 0.462 e. The van der Waals surface area contributed by atoms with Crippen LogP contribution < -0.4 is 0 Å². The number of carbonyl (C=O) groups is 4. The number of ether oxygens (including phenoxy) is 4. The molecule has 19 heteroatoms. The van der Waals surface area contributed by atoms with E-state index in [1.807, 2.05) is 0 Å². The molecule has 0 amide bonds. The minimum atomic E-state index is -4.97. The van der Waals surface area contributed by atoms with Crippen molar-refractivity contribution in [1.82, 2.24) is 0 Å². The normalized spacial score (nSPS) is 14.1. The Balaban J connectivity index is 5.27. The monoisotopic (exact) mass is 1420 g/mol. The third-order valence-corrected chi connectivity index (χ3v) is 19.5. The summed E-state index contributed by atoms with van der Waals surface area (Å²) >= 11 is 0. The molecule has 0 bridgehead atoms. The van der Waals surface area contributed by atoms with Crippen LogP contribution in [0.2, 0.25) is 0 Å². The molecule has 0 radical (unpaired) electrons. The van der Waals surface area contributed by atoms with Gasteiger partial charge >= 0.3 is 39.5 Å². The summed E-state index contributed by atoms with van der Waals surface area (Å²) in [7, 11) is -9.93. The molecule has 0 aromatic heterocycles. The van der Waals surface area contributed by atoms with Gasteiger partial charge in [-0.1, -0.05) is 329 Å². The lowest BCUT2D eigenvalue weighted by Gasteiger charge is -2.21. The SMILES string of the molecule is CCCCCC/C=C\C=C/CCCCCCCC(=O)OC[C@H](COP(=O)(O)OC[C@@H](O)COP(=O)(O)OC[C@@H](COC(=O)CCCCCCCCCCC(C)C)OC(=O)CCCCCCCCCCCC(C)C)OC(=O)CCCCCCCCCCCCCCCCCCCCC. The number of carbonyl (C=O) groups excluding carboxylic acids is 4. The van der Waals surface area contributed by atoms with Gasteiger partial charge in [-0.3, -0.25) is 37.3 Å². The van der Waals surface area contributed by atoms with Crippen LogP contribution in [0.4, 0.5) is 0 Å². The molecule has 5 atom stereocenters. The Morgan fingerprint density at radius 2 is 0.557 bits per heavy atom. The lowest BCUT2D eigenvalue weighted by atomic mass is 10.0. The maximum atomic E-state index is 13.1. The number of hydrogen-bond acceptors (Lipinski definition) is 15. The number of aliphatic hydroxyl groups is 1. The molecule has 0 aliphatic carbocycles. The molecule has 0 aromatic rings. The van der Waals surface area contributed by atoms with E-state index in [0.717, 1.165) is 121 Å². The molecule has 0 aliphatic rings. The van der Waals surface area contributed by atoms with Crippen LogP contribution in [0.1, 0.15) is 382 Å². The summed E-state index contributed by atoms with van der Waals surface area (Å²) in [5, 5.41) is 10.6. The van der Waals surface area contributed by atoms with Crippen LogP contribution in [0.5, 0.6) is 0 Å². The highest BCUT2D eigenvalue weighted by atomic mass is 31.2. The molecule has 2 unspecified atom stereocenters. The molecule has 0 fully saturated rings. The molecule has 0 rings (SSSR count). The van der Waals surface area contributed by atoms with Crippen molar-refractivity contribution in [2.24, 2.45) is 11.8 Å². The van der Waals surface area contributed by atoms with Crippen LogP contribution in [0.15, 0.2) is 24.3 Å². The van der Waals surface area contributed by atoms with E-state index in [4.69, 9.17) is 37.0 Å². The van der Waals surface area contributed by atoms with Gasteiger partial charge in [0, 0.05) is 25.7 Å². The van der Waals surface area contributed by atoms with Crippen molar-refractivity contribution in [1.29, 1.82) is 0 Å². The van der Waals surface area contributed by atoms with Crippen molar-refractivity contribution in [2.45, 2.75) is 400 Å². The van der Waals surface area contributed by atoms with Crippen molar-refractivity contribution < 1.29 is 80.2 Å². The summed E-state index contributed by atoms with van der Waals surface area (Å²) in [6, 6.07) is 0. The number of rotatable bonds is 75. The first-order valence-electron chi connectivity index (χ1n) is 39.8. The Bertz CT molecular complexity index is 1970. The topological polar surface area (TPSA) is 237 Å². The predicted molar refractivity (Wildman–Crippen MR) is 395 cm³/mol. The lowest BCUT2D eigenvalue weighted by Crippen LogP contribution is -2.30. The minimum Gasteiger partial charge on any atom is -0.462 e. The second-order valence-electron chi connectivity index (χ2n) is 28.4. The maximum Gasteiger partial charge on any atom is 0.472 e. The summed E-state index contributed by atoms with van der Waals surface area (Å²) in [5.41, 5.74) is 0. The Morgan fingerprint density at radius 3 is 0.845 bits per heavy atom. The molecule has 0 spiro atoms. The molecule has 572 valence electrons. The van der Waals surface area contributed by atoms with E-state index >= 15 is 0 Å². The van der Waals surface area contributed by atoms with Gasteiger partial charge in [0.05, 0.1) is 26.4 Å². The quantitative estimate of drug-likeness (QED) is 0.0169. The molecular formula is C78H148O17P2. The van der Waals surface area contributed by atoms with Gasteiger partial charge in [-0.05, 0) is 63.2 Å². The number of hydrogen-bond donors (Lipinski definition) is 3. The Kier molecular flexibility index (Phi) is 67.5. The highest BCUT2D eigenvalue weighted by Gasteiger charge is 2.30. The fourth-order valence-electron chi connectivity index (χ4n) is 11.5. The Morgan fingerprint density at radius 1 is 0.320 bits per heavy atom. The van der Waals surface area contributed by atoms with Gasteiger partial charge in [0.1, 0.15) is 19.3 Å². The third-order valence-electron chi connectivity index (χ3n) is 17.6. The van der Waals surface area contributed by atoms with E-state index in [1.165, 1.54) is 180 Å². The molecule has 0 saturated carbocycles. The summed E-state index contributed by atoms with van der Waals surface area (Å²) < 4.78 is 68.5. The van der Waals surface area contributed by atoms with Gasteiger partial charge in [-0.25, -0.2) is 9.13 Å². The predicted octanol–water partition coefficient (Wildman–Crippen LogP) is 22.7. The van der Waals surface area contributed by atoms with E-state index in [2.05, 4.69) is 65.8 Å². The van der Waals surface area contributed by atoms with Crippen molar-refractivity contribution in [3.8, 4) is 0 Å². The largest absolute Gasteiger partial charge is 0.472 e. The van der Waals surface area contributed by atoms with E-state index in [0.29, 0.717) is 25.7 Å². The summed E-state index contributed by atoms with van der Waals surface area (Å²) in [4.78, 5) is 72.9. The third kappa shape index (κ3) is 71.7. The summed E-state index contributed by atoms with van der Waals surface area (Å²) in [6.45, 7) is 9.48. The Labute approximate surface area is 592 Å². The number of allylic oxidation sites excluding steroid dienone is 4. The highest BCUT2D eigenvalue weighted by molar-refractivity contribution is 7.47. The Hall–Kier alpha value is -2.46. The first kappa shape index (κ1) is 94.5. The number of unbranched alkanes of at least 4 members (excludes halogenated alkanes) is 42. The molecule has 0 aliphatic heterocycles. The van der Waals surface area contributed by atoms with Gasteiger partial charge < -0.3 is 33.8 Å². The van der Waals surface area contributed by atoms with E-state index in [-0.39, 0.29) is 25.7 Å². The molecule has 17 nitrogen and oxygen atoms in total. The zero-order valence-corrected chi connectivity index (χ0v) is 64.7. The first-order valence-corrected chi connectivity index (χ1v) is 42.8. The second-order valence-corrected chi connectivity index (χ2v) is 31.3. The fraction of sp³-hybridized carbons (Fsp3) is 0.897. The van der Waals surface area contributed by atoms with Crippen LogP contribution in [-0.2, 0) is 65.4 Å². The van der Waals surface area contributed by atoms with Crippen molar-refractivity contribution in [2.75, 3.05) is 39.6 Å². The molecular weight excluding hydrogens is 1270 g/mol. The zero-order chi connectivity index (χ0) is 71.4. The van der Waals surface area contributed by atoms with Gasteiger partial charge in [-0.2, -0.15) is 0 Å². The van der Waals surface area contributed by atoms with Crippen LogP contribution in [0.3, 0.4) is 0 Å². The molecule has 0 aromatic carbocycles. The second kappa shape index (κ2) is 69.3. The number of phosphoric ester groups is 2. The number of esters is 4. The average Bonchev–Trinajstić information content (AvgIpc) is 1.59. The van der Waals surface area contributed by atoms with Crippen molar-refractivity contribution in [3.05, 3.63) is 24.3 Å². The number of phosphoric acid groups is 2. The lowest BCUT2D eigenvalue weighted by molar-refractivity contribution is -0.161. The molecule has 97 heavy (non-hydrogen) atoms. The van der Waals surface area contributed by atoms with Gasteiger partial charge in [0.25, 0.3) is 0 Å². The zero-order valence-electron chi connectivity index (χ0n) is 62.9.